The number of fused-ring (bicyclic) bond motifs is 3. The van der Waals surface area contributed by atoms with Crippen LogP contribution >= 0.6 is 0 Å². The zero-order chi connectivity index (χ0) is 18.1. The van der Waals surface area contributed by atoms with E-state index in [1.165, 1.54) is 6.08 Å². The van der Waals surface area contributed by atoms with E-state index in [0.29, 0.717) is 5.69 Å². The SMILES string of the molecule is O=C1CC(/C=C/c2ccccc2)C([N+](=O)[O-])=Cc2cc3ccccc3n21. The minimum absolute atomic E-state index is 0.0343. The van der Waals surface area contributed by atoms with Crippen LogP contribution in [0, 0.1) is 16.0 Å². The molecule has 5 heteroatoms. The number of nitrogens with zero attached hydrogens (tertiary/aromatic N) is 2. The van der Waals surface area contributed by atoms with Crippen LogP contribution in [0.2, 0.25) is 0 Å². The lowest BCUT2D eigenvalue weighted by Gasteiger charge is -2.08. The highest BCUT2D eigenvalue weighted by molar-refractivity contribution is 5.97. The van der Waals surface area contributed by atoms with Crippen LogP contribution in [0.3, 0.4) is 0 Å². The molecule has 1 unspecified atom stereocenters. The molecular weight excluding hydrogens is 328 g/mol. The van der Waals surface area contributed by atoms with Crippen molar-refractivity contribution in [2.75, 3.05) is 0 Å². The smallest absolute Gasteiger partial charge is 0.255 e. The van der Waals surface area contributed by atoms with E-state index in [9.17, 15) is 14.9 Å². The first kappa shape index (κ1) is 16.0. The van der Waals surface area contributed by atoms with Crippen molar-refractivity contribution in [3.63, 3.8) is 0 Å². The predicted molar refractivity (Wildman–Crippen MR) is 101 cm³/mol. The quantitative estimate of drug-likeness (QED) is 0.514. The number of benzene rings is 2. The molecule has 1 aliphatic rings. The van der Waals surface area contributed by atoms with E-state index in [-0.39, 0.29) is 22.9 Å². The van der Waals surface area contributed by atoms with E-state index >= 15 is 0 Å². The highest BCUT2D eigenvalue weighted by atomic mass is 16.6. The molecule has 1 aliphatic heterocycles. The van der Waals surface area contributed by atoms with Gasteiger partial charge in [0.15, 0.2) is 0 Å². The number of nitro groups is 1. The molecule has 2 heterocycles. The average molecular weight is 344 g/mol. The fraction of sp³-hybridized carbons (Fsp3) is 0.0952. The molecule has 3 aromatic rings. The van der Waals surface area contributed by atoms with Crippen molar-refractivity contribution >= 4 is 29.0 Å². The van der Waals surface area contributed by atoms with Crippen LogP contribution < -0.4 is 0 Å². The lowest BCUT2D eigenvalue weighted by molar-refractivity contribution is -0.430. The highest BCUT2D eigenvalue weighted by Crippen LogP contribution is 2.30. The molecule has 0 amide bonds. The number of para-hydroxylation sites is 1. The Labute approximate surface area is 150 Å². The first-order valence-corrected chi connectivity index (χ1v) is 8.36. The summed E-state index contributed by atoms with van der Waals surface area (Å²) in [5, 5.41) is 12.5. The van der Waals surface area contributed by atoms with E-state index in [4.69, 9.17) is 0 Å². The fourth-order valence-corrected chi connectivity index (χ4v) is 3.35. The monoisotopic (exact) mass is 344 g/mol. The first-order valence-electron chi connectivity index (χ1n) is 8.36. The Kier molecular flexibility index (Phi) is 3.97. The molecule has 1 atom stereocenters. The summed E-state index contributed by atoms with van der Waals surface area (Å²) in [6.07, 6.45) is 5.15. The predicted octanol–water partition coefficient (Wildman–Crippen LogP) is 4.63. The van der Waals surface area contributed by atoms with Gasteiger partial charge in [-0.1, -0.05) is 60.7 Å². The molecule has 0 fully saturated rings. The van der Waals surface area contributed by atoms with Crippen molar-refractivity contribution in [2.24, 2.45) is 5.92 Å². The molecule has 0 N–H and O–H groups in total. The number of carbonyl (C=O) groups is 1. The molecule has 1 aromatic heterocycles. The second-order valence-electron chi connectivity index (χ2n) is 6.26. The summed E-state index contributed by atoms with van der Waals surface area (Å²) in [6.45, 7) is 0. The maximum atomic E-state index is 12.8. The second kappa shape index (κ2) is 6.44. The minimum Gasteiger partial charge on any atom is -0.280 e. The maximum absolute atomic E-state index is 12.8. The van der Waals surface area contributed by atoms with Crippen LogP contribution in [0.25, 0.3) is 23.1 Å². The van der Waals surface area contributed by atoms with Crippen LogP contribution in [-0.2, 0) is 0 Å². The number of aromatic nitrogens is 1. The van der Waals surface area contributed by atoms with Crippen LogP contribution in [-0.4, -0.2) is 15.4 Å². The van der Waals surface area contributed by atoms with Gasteiger partial charge in [-0.3, -0.25) is 19.5 Å². The van der Waals surface area contributed by atoms with Gasteiger partial charge in [-0.05, 0) is 17.7 Å². The second-order valence-corrected chi connectivity index (χ2v) is 6.26. The zero-order valence-corrected chi connectivity index (χ0v) is 13.9. The topological polar surface area (TPSA) is 65.1 Å². The molecule has 0 radical (unpaired) electrons. The Morgan fingerprint density at radius 1 is 1.08 bits per heavy atom. The third-order valence-corrected chi connectivity index (χ3v) is 4.59. The summed E-state index contributed by atoms with van der Waals surface area (Å²) in [4.78, 5) is 24.1. The third kappa shape index (κ3) is 2.84. The standard InChI is InChI=1S/C21H16N2O3/c24-21-13-17(11-10-15-6-2-1-3-7-15)20(23(25)26)14-18-12-16-8-4-5-9-19(16)22(18)21/h1-12,14,17H,13H2/b11-10+. The van der Waals surface area contributed by atoms with Gasteiger partial charge in [0.1, 0.15) is 0 Å². The Bertz CT molecular complexity index is 1060. The van der Waals surface area contributed by atoms with Gasteiger partial charge in [0.25, 0.3) is 5.70 Å². The Morgan fingerprint density at radius 2 is 1.81 bits per heavy atom. The summed E-state index contributed by atoms with van der Waals surface area (Å²) in [7, 11) is 0. The molecule has 0 bridgehead atoms. The Hall–Kier alpha value is -3.47. The molecule has 0 saturated carbocycles. The molecule has 0 saturated heterocycles. The molecule has 26 heavy (non-hydrogen) atoms. The van der Waals surface area contributed by atoms with Gasteiger partial charge in [0, 0.05) is 17.9 Å². The van der Waals surface area contributed by atoms with Gasteiger partial charge in [-0.15, -0.1) is 0 Å². The highest BCUT2D eigenvalue weighted by Gasteiger charge is 2.31. The fourth-order valence-electron chi connectivity index (χ4n) is 3.35. The van der Waals surface area contributed by atoms with Gasteiger partial charge < -0.3 is 0 Å². The van der Waals surface area contributed by atoms with Crippen LogP contribution in [0.4, 0.5) is 0 Å². The van der Waals surface area contributed by atoms with Crippen molar-refractivity contribution in [1.29, 1.82) is 0 Å². The Morgan fingerprint density at radius 3 is 2.58 bits per heavy atom. The molecule has 5 nitrogen and oxygen atoms in total. The van der Waals surface area contributed by atoms with Crippen molar-refractivity contribution in [3.8, 4) is 0 Å². The van der Waals surface area contributed by atoms with Crippen molar-refractivity contribution in [2.45, 2.75) is 6.42 Å². The van der Waals surface area contributed by atoms with Gasteiger partial charge in [-0.25, -0.2) is 0 Å². The minimum atomic E-state index is -0.573. The molecule has 4 rings (SSSR count). The van der Waals surface area contributed by atoms with Crippen LogP contribution in [0.1, 0.15) is 22.5 Å². The first-order chi connectivity index (χ1) is 12.6. The third-order valence-electron chi connectivity index (χ3n) is 4.59. The van der Waals surface area contributed by atoms with Gasteiger partial charge >= 0.3 is 0 Å². The number of rotatable bonds is 3. The summed E-state index contributed by atoms with van der Waals surface area (Å²) in [5.74, 6) is -0.714. The number of carbonyl (C=O) groups excluding carboxylic acids is 1. The van der Waals surface area contributed by atoms with E-state index in [0.717, 1.165) is 16.5 Å². The van der Waals surface area contributed by atoms with Crippen molar-refractivity contribution in [3.05, 3.63) is 93.8 Å². The number of hydrogen-bond acceptors (Lipinski definition) is 3. The number of allylic oxidation sites excluding steroid dienone is 1. The van der Waals surface area contributed by atoms with Gasteiger partial charge in [0.2, 0.25) is 5.91 Å². The molecular formula is C21H16N2O3. The van der Waals surface area contributed by atoms with E-state index in [1.54, 1.807) is 10.6 Å². The summed E-state index contributed by atoms with van der Waals surface area (Å²) in [6, 6.07) is 18.9. The largest absolute Gasteiger partial charge is 0.280 e. The van der Waals surface area contributed by atoms with Crippen LogP contribution in [0.5, 0.6) is 0 Å². The Balaban J connectivity index is 1.79. The van der Waals surface area contributed by atoms with E-state index in [2.05, 4.69) is 0 Å². The molecule has 128 valence electrons. The zero-order valence-electron chi connectivity index (χ0n) is 13.9. The lowest BCUT2D eigenvalue weighted by atomic mass is 9.99. The summed E-state index contributed by atoms with van der Waals surface area (Å²) >= 11 is 0. The molecule has 0 spiro atoms. The summed E-state index contributed by atoms with van der Waals surface area (Å²) < 4.78 is 1.58. The van der Waals surface area contributed by atoms with Crippen molar-refractivity contribution < 1.29 is 9.72 Å². The van der Waals surface area contributed by atoms with Crippen LogP contribution in [0.15, 0.2) is 72.4 Å². The lowest BCUT2D eigenvalue weighted by Crippen LogP contribution is -2.16. The van der Waals surface area contributed by atoms with Gasteiger partial charge in [0.05, 0.1) is 22.1 Å². The summed E-state index contributed by atoms with van der Waals surface area (Å²) in [5.41, 5.74) is 2.31. The van der Waals surface area contributed by atoms with E-state index < -0.39 is 5.92 Å². The normalized spacial score (nSPS) is 17.2. The van der Waals surface area contributed by atoms with Gasteiger partial charge in [-0.2, -0.15) is 0 Å². The van der Waals surface area contributed by atoms with Crippen molar-refractivity contribution in [1.82, 2.24) is 4.57 Å². The molecule has 2 aromatic carbocycles. The van der Waals surface area contributed by atoms with E-state index in [1.807, 2.05) is 66.7 Å². The maximum Gasteiger partial charge on any atom is 0.255 e. The average Bonchev–Trinajstić information content (AvgIpc) is 2.95. The molecule has 0 aliphatic carbocycles. The number of hydrogen-bond donors (Lipinski definition) is 0.